The van der Waals surface area contributed by atoms with Gasteiger partial charge >= 0.3 is 0 Å². The molecule has 0 atom stereocenters. The Morgan fingerprint density at radius 3 is 2.45 bits per heavy atom. The summed E-state index contributed by atoms with van der Waals surface area (Å²) in [7, 11) is -2.05. The third-order valence-corrected chi connectivity index (χ3v) is 9.11. The number of anilines is 1. The van der Waals surface area contributed by atoms with Crippen LogP contribution < -0.4 is 9.75 Å². The number of benzene rings is 3. The second kappa shape index (κ2) is 11.0. The first-order valence-corrected chi connectivity index (χ1v) is 14.3. The van der Waals surface area contributed by atoms with Gasteiger partial charge in [-0.15, -0.1) is 0 Å². The molecule has 1 aliphatic heterocycles. The van der Waals surface area contributed by atoms with Crippen LogP contribution in [0.5, 0.6) is 5.75 Å². The molecule has 1 aliphatic rings. The van der Waals surface area contributed by atoms with Crippen molar-refractivity contribution in [3.05, 3.63) is 83.7 Å². The third-order valence-electron chi connectivity index (χ3n) is 6.20. The molecular formula is C27H25FN4O4S2. The van der Waals surface area contributed by atoms with Gasteiger partial charge in [0.1, 0.15) is 11.6 Å². The molecule has 0 unspecified atom stereocenters. The molecular weight excluding hydrogens is 527 g/mol. The number of fused-ring (bicyclic) bond motifs is 1. The number of rotatable bonds is 7. The third kappa shape index (κ3) is 5.45. The summed E-state index contributed by atoms with van der Waals surface area (Å²) in [6.45, 7) is 0.995. The van der Waals surface area contributed by atoms with Gasteiger partial charge < -0.3 is 4.74 Å². The molecule has 1 saturated heterocycles. The Bertz CT molecular complexity index is 1580. The lowest BCUT2D eigenvalue weighted by molar-refractivity contribution is 0.0987. The fraction of sp³-hybridized carbons (Fsp3) is 0.222. The Hall–Kier alpha value is -3.67. The van der Waals surface area contributed by atoms with Gasteiger partial charge in [-0.3, -0.25) is 4.79 Å². The molecule has 1 amide bonds. The van der Waals surface area contributed by atoms with Gasteiger partial charge in [0.15, 0.2) is 0 Å². The molecule has 11 heteroatoms. The summed E-state index contributed by atoms with van der Waals surface area (Å²) in [5.41, 5.74) is 1.51. The Morgan fingerprint density at radius 1 is 1.05 bits per heavy atom. The topological polar surface area (TPSA) is 92.2 Å². The number of ether oxygens (including phenoxy) is 1. The largest absolute Gasteiger partial charge is 0.497 e. The Balaban J connectivity index is 1.48. The summed E-state index contributed by atoms with van der Waals surface area (Å²) in [6, 6.07) is 17.0. The molecule has 8 nitrogen and oxygen atoms in total. The number of aromatic nitrogens is 1. The molecule has 3 aromatic carbocycles. The number of piperidine rings is 1. The summed E-state index contributed by atoms with van der Waals surface area (Å²) in [4.78, 5) is 18.3. The van der Waals surface area contributed by atoms with Gasteiger partial charge in [0.2, 0.25) is 15.2 Å². The Morgan fingerprint density at radius 2 is 1.76 bits per heavy atom. The van der Waals surface area contributed by atoms with Crippen LogP contribution in [0.2, 0.25) is 0 Å². The van der Waals surface area contributed by atoms with Crippen LogP contribution >= 0.6 is 11.3 Å². The second-order valence-corrected chi connectivity index (χ2v) is 11.7. The van der Waals surface area contributed by atoms with E-state index in [1.165, 1.54) is 58.3 Å². The van der Waals surface area contributed by atoms with Gasteiger partial charge in [0.05, 0.1) is 28.4 Å². The van der Waals surface area contributed by atoms with Gasteiger partial charge in [0, 0.05) is 18.7 Å². The molecule has 5 rings (SSSR count). The van der Waals surface area contributed by atoms with Crippen LogP contribution in [0.25, 0.3) is 10.2 Å². The molecule has 2 heterocycles. The van der Waals surface area contributed by atoms with E-state index in [0.717, 1.165) is 29.0 Å². The van der Waals surface area contributed by atoms with Gasteiger partial charge in [-0.1, -0.05) is 29.9 Å². The summed E-state index contributed by atoms with van der Waals surface area (Å²) in [5.74, 6) is -0.211. The molecule has 1 aromatic heterocycles. The van der Waals surface area contributed by atoms with Crippen molar-refractivity contribution in [3.8, 4) is 5.75 Å². The van der Waals surface area contributed by atoms with Crippen LogP contribution in [0.4, 0.5) is 9.52 Å². The average molecular weight is 553 g/mol. The molecule has 0 bridgehead atoms. The number of hydrogen-bond acceptors (Lipinski definition) is 7. The van der Waals surface area contributed by atoms with Gasteiger partial charge in [0.25, 0.3) is 5.91 Å². The van der Waals surface area contributed by atoms with E-state index in [1.807, 2.05) is 6.07 Å². The number of halogens is 1. The molecule has 0 radical (unpaired) electrons. The predicted octanol–water partition coefficient (Wildman–Crippen LogP) is 5.30. The standard InChI is InChI=1S/C27H25FN4O4S2/c1-36-22-11-14-24-25(17-22)37-27(30-24)32(29-18-19-5-9-21(28)10-6-19)26(33)20-7-12-23(13-8-20)38(34,35)31-15-3-2-4-16-31/h5-14,17-18H,2-4,15-16H2,1H3/b29-18+. The molecule has 1 fully saturated rings. The van der Waals surface area contributed by atoms with Crippen LogP contribution in [-0.2, 0) is 10.0 Å². The summed E-state index contributed by atoms with van der Waals surface area (Å²) < 4.78 is 47.0. The van der Waals surface area contributed by atoms with E-state index in [4.69, 9.17) is 4.74 Å². The minimum absolute atomic E-state index is 0.143. The SMILES string of the molecule is COc1ccc2nc(N(/N=C/c3ccc(F)cc3)C(=O)c3ccc(S(=O)(=O)N4CCCCC4)cc3)sc2c1. The molecule has 0 saturated carbocycles. The van der Waals surface area contributed by atoms with E-state index in [9.17, 15) is 17.6 Å². The maximum atomic E-state index is 13.6. The number of hydrogen-bond donors (Lipinski definition) is 0. The predicted molar refractivity (Wildman–Crippen MR) is 146 cm³/mol. The minimum atomic E-state index is -3.62. The van der Waals surface area contributed by atoms with Crippen molar-refractivity contribution in [2.45, 2.75) is 24.2 Å². The zero-order chi connectivity index (χ0) is 26.7. The van der Waals surface area contributed by atoms with E-state index in [2.05, 4.69) is 10.1 Å². The molecule has 4 aromatic rings. The first-order chi connectivity index (χ1) is 18.3. The van der Waals surface area contributed by atoms with E-state index >= 15 is 0 Å². The van der Waals surface area contributed by atoms with E-state index in [0.29, 0.717) is 35.1 Å². The van der Waals surface area contributed by atoms with Crippen molar-refractivity contribution in [2.24, 2.45) is 5.10 Å². The lowest BCUT2D eigenvalue weighted by Gasteiger charge is -2.25. The van der Waals surface area contributed by atoms with Crippen LogP contribution in [0, 0.1) is 5.82 Å². The minimum Gasteiger partial charge on any atom is -0.497 e. The number of sulfonamides is 1. The highest BCUT2D eigenvalue weighted by atomic mass is 32.2. The highest BCUT2D eigenvalue weighted by Gasteiger charge is 2.27. The smallest absolute Gasteiger partial charge is 0.280 e. The Labute approximate surface area is 224 Å². The highest BCUT2D eigenvalue weighted by molar-refractivity contribution is 7.89. The van der Waals surface area contributed by atoms with Crippen molar-refractivity contribution < 1.29 is 22.3 Å². The highest BCUT2D eigenvalue weighted by Crippen LogP contribution is 2.32. The maximum Gasteiger partial charge on any atom is 0.280 e. The fourth-order valence-corrected chi connectivity index (χ4v) is 6.59. The zero-order valence-electron chi connectivity index (χ0n) is 20.6. The van der Waals surface area contributed by atoms with Crippen molar-refractivity contribution in [3.63, 3.8) is 0 Å². The van der Waals surface area contributed by atoms with Gasteiger partial charge in [-0.05, 0) is 73.0 Å². The van der Waals surface area contributed by atoms with Crippen LogP contribution in [0.15, 0.2) is 76.7 Å². The second-order valence-electron chi connectivity index (χ2n) is 8.73. The molecule has 0 aliphatic carbocycles. The number of thiazole rings is 1. The number of methoxy groups -OCH3 is 1. The van der Waals surface area contributed by atoms with Crippen molar-refractivity contribution in [1.82, 2.24) is 9.29 Å². The van der Waals surface area contributed by atoms with Crippen LogP contribution in [0.3, 0.4) is 0 Å². The number of carbonyl (C=O) groups is 1. The number of hydrazone groups is 1. The average Bonchev–Trinajstić information content (AvgIpc) is 3.37. The normalized spacial score (nSPS) is 14.7. The molecule has 196 valence electrons. The summed E-state index contributed by atoms with van der Waals surface area (Å²) >= 11 is 1.26. The van der Waals surface area contributed by atoms with Crippen molar-refractivity contribution in [1.29, 1.82) is 0 Å². The molecule has 0 spiro atoms. The van der Waals surface area contributed by atoms with E-state index in [1.54, 1.807) is 31.4 Å². The first-order valence-electron chi connectivity index (χ1n) is 12.0. The fourth-order valence-electron chi connectivity index (χ4n) is 4.12. The van der Waals surface area contributed by atoms with Gasteiger partial charge in [-0.25, -0.2) is 17.8 Å². The van der Waals surface area contributed by atoms with Crippen LogP contribution in [-0.4, -0.2) is 50.0 Å². The number of carbonyl (C=O) groups excluding carboxylic acids is 1. The summed E-state index contributed by atoms with van der Waals surface area (Å²) in [6.07, 6.45) is 4.14. The lowest BCUT2D eigenvalue weighted by atomic mass is 10.2. The molecule has 38 heavy (non-hydrogen) atoms. The Kier molecular flexibility index (Phi) is 7.50. The van der Waals surface area contributed by atoms with E-state index in [-0.39, 0.29) is 16.3 Å². The quantitative estimate of drug-likeness (QED) is 0.229. The van der Waals surface area contributed by atoms with Crippen molar-refractivity contribution >= 4 is 48.8 Å². The first kappa shape index (κ1) is 26.0. The molecule has 0 N–H and O–H groups in total. The van der Waals surface area contributed by atoms with Gasteiger partial charge in [-0.2, -0.15) is 14.4 Å². The number of amides is 1. The van der Waals surface area contributed by atoms with Crippen LogP contribution in [0.1, 0.15) is 35.2 Å². The lowest BCUT2D eigenvalue weighted by Crippen LogP contribution is -2.35. The maximum absolute atomic E-state index is 13.6. The monoisotopic (exact) mass is 552 g/mol. The zero-order valence-corrected chi connectivity index (χ0v) is 22.2. The number of nitrogens with zero attached hydrogens (tertiary/aromatic N) is 4. The summed E-state index contributed by atoms with van der Waals surface area (Å²) in [5, 5.41) is 5.86. The van der Waals surface area contributed by atoms with E-state index < -0.39 is 15.9 Å². The van der Waals surface area contributed by atoms with Crippen molar-refractivity contribution in [2.75, 3.05) is 25.2 Å².